The molecule has 1 aromatic carbocycles. The minimum atomic E-state index is -0.344. The number of hydrogen-bond acceptors (Lipinski definition) is 4. The summed E-state index contributed by atoms with van der Waals surface area (Å²) >= 11 is 0. The average Bonchev–Trinajstić information content (AvgIpc) is 2.42. The maximum atomic E-state index is 11.6. The van der Waals surface area contributed by atoms with Gasteiger partial charge in [-0.25, -0.2) is 0 Å². The van der Waals surface area contributed by atoms with E-state index in [-0.39, 0.29) is 30.4 Å². The lowest BCUT2D eigenvalue weighted by molar-refractivity contribution is -0.132. The van der Waals surface area contributed by atoms with Gasteiger partial charge in [0.05, 0.1) is 6.54 Å². The van der Waals surface area contributed by atoms with E-state index in [1.807, 2.05) is 31.2 Å². The number of piperazine rings is 1. The summed E-state index contributed by atoms with van der Waals surface area (Å²) < 4.78 is 0. The molecular formula is C14H19N3O2. The van der Waals surface area contributed by atoms with Gasteiger partial charge in [-0.2, -0.15) is 0 Å². The fourth-order valence-electron chi connectivity index (χ4n) is 2.18. The Morgan fingerprint density at radius 3 is 2.58 bits per heavy atom. The second-order valence-corrected chi connectivity index (χ2v) is 4.82. The SMILES string of the molecule is CCC(N)c1ccc(N2CC(=O)NC(=O)C2C)cc1. The highest BCUT2D eigenvalue weighted by molar-refractivity contribution is 6.04. The van der Waals surface area contributed by atoms with Crippen molar-refractivity contribution in [2.45, 2.75) is 32.4 Å². The third-order valence-electron chi connectivity index (χ3n) is 3.52. The van der Waals surface area contributed by atoms with Crippen molar-refractivity contribution in [1.29, 1.82) is 0 Å². The van der Waals surface area contributed by atoms with Gasteiger partial charge in [0, 0.05) is 11.7 Å². The Morgan fingerprint density at radius 1 is 1.37 bits per heavy atom. The molecule has 0 aromatic heterocycles. The summed E-state index contributed by atoms with van der Waals surface area (Å²) in [5, 5.41) is 2.33. The van der Waals surface area contributed by atoms with Crippen molar-refractivity contribution in [3.8, 4) is 0 Å². The van der Waals surface area contributed by atoms with Gasteiger partial charge in [0.1, 0.15) is 6.04 Å². The Labute approximate surface area is 112 Å². The smallest absolute Gasteiger partial charge is 0.249 e. The lowest BCUT2D eigenvalue weighted by atomic mass is 10.0. The van der Waals surface area contributed by atoms with Gasteiger partial charge < -0.3 is 10.6 Å². The van der Waals surface area contributed by atoms with Crippen LogP contribution >= 0.6 is 0 Å². The third-order valence-corrected chi connectivity index (χ3v) is 3.52. The summed E-state index contributed by atoms with van der Waals surface area (Å²) in [6, 6.07) is 7.40. The second kappa shape index (κ2) is 5.40. The number of amides is 2. The minimum absolute atomic E-state index is 0.0257. The maximum Gasteiger partial charge on any atom is 0.249 e. The van der Waals surface area contributed by atoms with Gasteiger partial charge in [-0.1, -0.05) is 19.1 Å². The van der Waals surface area contributed by atoms with Crippen LogP contribution < -0.4 is 16.0 Å². The molecule has 2 atom stereocenters. The first-order valence-electron chi connectivity index (χ1n) is 6.48. The molecule has 0 spiro atoms. The van der Waals surface area contributed by atoms with Crippen LogP contribution in [0.4, 0.5) is 5.69 Å². The number of rotatable bonds is 3. The molecular weight excluding hydrogens is 242 g/mol. The number of nitrogens with one attached hydrogen (secondary N) is 1. The summed E-state index contributed by atoms with van der Waals surface area (Å²) in [4.78, 5) is 24.8. The topological polar surface area (TPSA) is 75.4 Å². The lowest BCUT2D eigenvalue weighted by Crippen LogP contribution is -2.57. The van der Waals surface area contributed by atoms with E-state index in [4.69, 9.17) is 5.73 Å². The van der Waals surface area contributed by atoms with Crippen LogP contribution in [0.1, 0.15) is 31.9 Å². The van der Waals surface area contributed by atoms with Crippen molar-refractivity contribution in [2.75, 3.05) is 11.4 Å². The van der Waals surface area contributed by atoms with Gasteiger partial charge in [-0.15, -0.1) is 0 Å². The Morgan fingerprint density at radius 2 is 2.00 bits per heavy atom. The number of anilines is 1. The highest BCUT2D eigenvalue weighted by Gasteiger charge is 2.30. The van der Waals surface area contributed by atoms with Crippen molar-refractivity contribution in [1.82, 2.24) is 5.32 Å². The van der Waals surface area contributed by atoms with Gasteiger partial charge in [0.15, 0.2) is 0 Å². The van der Waals surface area contributed by atoms with Gasteiger partial charge >= 0.3 is 0 Å². The molecule has 0 radical (unpaired) electrons. The quantitative estimate of drug-likeness (QED) is 0.794. The molecule has 2 rings (SSSR count). The Kier molecular flexibility index (Phi) is 3.85. The Bertz CT molecular complexity index is 484. The van der Waals surface area contributed by atoms with E-state index in [0.717, 1.165) is 17.7 Å². The van der Waals surface area contributed by atoms with Crippen LogP contribution in [0.5, 0.6) is 0 Å². The molecule has 2 amide bonds. The van der Waals surface area contributed by atoms with Crippen molar-refractivity contribution in [3.63, 3.8) is 0 Å². The van der Waals surface area contributed by atoms with E-state index in [0.29, 0.717) is 0 Å². The zero-order chi connectivity index (χ0) is 14.0. The third kappa shape index (κ3) is 2.76. The zero-order valence-corrected chi connectivity index (χ0v) is 11.2. The van der Waals surface area contributed by atoms with E-state index in [2.05, 4.69) is 5.32 Å². The van der Waals surface area contributed by atoms with Crippen LogP contribution in [0.15, 0.2) is 24.3 Å². The van der Waals surface area contributed by atoms with Crippen LogP contribution in [0.2, 0.25) is 0 Å². The predicted octanol–water partition coefficient (Wildman–Crippen LogP) is 0.948. The van der Waals surface area contributed by atoms with Crippen molar-refractivity contribution in [3.05, 3.63) is 29.8 Å². The number of benzene rings is 1. The largest absolute Gasteiger partial charge is 0.350 e. The molecule has 1 aromatic rings. The van der Waals surface area contributed by atoms with Crippen molar-refractivity contribution >= 4 is 17.5 Å². The zero-order valence-electron chi connectivity index (χ0n) is 11.2. The van der Waals surface area contributed by atoms with Crippen molar-refractivity contribution < 1.29 is 9.59 Å². The van der Waals surface area contributed by atoms with Gasteiger partial charge in [-0.3, -0.25) is 14.9 Å². The molecule has 102 valence electrons. The Balaban J connectivity index is 2.21. The highest BCUT2D eigenvalue weighted by atomic mass is 16.2. The normalized spacial score (nSPS) is 21.2. The van der Waals surface area contributed by atoms with Gasteiger partial charge in [-0.05, 0) is 31.0 Å². The van der Waals surface area contributed by atoms with Crippen LogP contribution in [0.25, 0.3) is 0 Å². The molecule has 0 saturated carbocycles. The number of imide groups is 1. The summed E-state index contributed by atoms with van der Waals surface area (Å²) in [5.41, 5.74) is 7.89. The van der Waals surface area contributed by atoms with E-state index in [1.54, 1.807) is 11.8 Å². The molecule has 1 aliphatic rings. The molecule has 5 heteroatoms. The molecule has 0 bridgehead atoms. The molecule has 0 aliphatic carbocycles. The van der Waals surface area contributed by atoms with Crippen LogP contribution in [0.3, 0.4) is 0 Å². The van der Waals surface area contributed by atoms with E-state index < -0.39 is 0 Å². The van der Waals surface area contributed by atoms with E-state index in [9.17, 15) is 9.59 Å². The number of carbonyl (C=O) groups excluding carboxylic acids is 2. The predicted molar refractivity (Wildman–Crippen MR) is 73.6 cm³/mol. The monoisotopic (exact) mass is 261 g/mol. The van der Waals surface area contributed by atoms with Crippen LogP contribution in [0, 0.1) is 0 Å². The molecule has 1 aliphatic heterocycles. The molecule has 3 N–H and O–H groups in total. The molecule has 19 heavy (non-hydrogen) atoms. The number of nitrogens with two attached hydrogens (primary N) is 1. The second-order valence-electron chi connectivity index (χ2n) is 4.82. The summed E-state index contributed by atoms with van der Waals surface area (Å²) in [7, 11) is 0. The maximum absolute atomic E-state index is 11.6. The Hall–Kier alpha value is -1.88. The van der Waals surface area contributed by atoms with E-state index >= 15 is 0 Å². The fourth-order valence-corrected chi connectivity index (χ4v) is 2.18. The average molecular weight is 261 g/mol. The van der Waals surface area contributed by atoms with Gasteiger partial charge in [0.25, 0.3) is 0 Å². The minimum Gasteiger partial charge on any atom is -0.350 e. The highest BCUT2D eigenvalue weighted by Crippen LogP contribution is 2.22. The first-order chi connectivity index (χ1) is 9.02. The summed E-state index contributed by atoms with van der Waals surface area (Å²) in [6.07, 6.45) is 0.875. The first kappa shape index (κ1) is 13.5. The first-order valence-corrected chi connectivity index (χ1v) is 6.48. The van der Waals surface area contributed by atoms with Gasteiger partial charge in [0.2, 0.25) is 11.8 Å². The number of carbonyl (C=O) groups is 2. The summed E-state index contributed by atoms with van der Waals surface area (Å²) in [6.45, 7) is 4.02. The molecule has 5 nitrogen and oxygen atoms in total. The molecule has 1 heterocycles. The fraction of sp³-hybridized carbons (Fsp3) is 0.429. The summed E-state index contributed by atoms with van der Waals surface area (Å²) in [5.74, 6) is -0.525. The number of hydrogen-bond donors (Lipinski definition) is 2. The lowest BCUT2D eigenvalue weighted by Gasteiger charge is -2.33. The van der Waals surface area contributed by atoms with Crippen molar-refractivity contribution in [2.24, 2.45) is 5.73 Å². The van der Waals surface area contributed by atoms with Crippen LogP contribution in [-0.2, 0) is 9.59 Å². The number of nitrogens with zero attached hydrogens (tertiary/aromatic N) is 1. The standard InChI is InChI=1S/C14H19N3O2/c1-3-12(15)10-4-6-11(7-5-10)17-8-13(18)16-14(19)9(17)2/h4-7,9,12H,3,8,15H2,1-2H3,(H,16,18,19). The molecule has 1 fully saturated rings. The van der Waals surface area contributed by atoms with E-state index in [1.165, 1.54) is 0 Å². The molecule has 1 saturated heterocycles. The van der Waals surface area contributed by atoms with Crippen LogP contribution in [-0.4, -0.2) is 24.4 Å². The molecule has 2 unspecified atom stereocenters.